The SMILES string of the molecule is OCn1c(-c2ccccc2)c(CN2CCNCC2)c2ccccc21. The predicted molar refractivity (Wildman–Crippen MR) is 97.7 cm³/mol. The Balaban J connectivity index is 1.89. The molecule has 0 atom stereocenters. The maximum absolute atomic E-state index is 10.0. The normalized spacial score (nSPS) is 15.9. The molecule has 4 rings (SSSR count). The average molecular weight is 321 g/mol. The Bertz CT molecular complexity index is 820. The third-order valence-electron chi connectivity index (χ3n) is 4.86. The number of nitrogens with zero attached hydrogens (tertiary/aromatic N) is 2. The van der Waals surface area contributed by atoms with Crippen LogP contribution in [0.2, 0.25) is 0 Å². The number of aromatic nitrogens is 1. The summed E-state index contributed by atoms with van der Waals surface area (Å²) in [5.41, 5.74) is 4.71. The van der Waals surface area contributed by atoms with E-state index in [1.54, 1.807) is 0 Å². The van der Waals surface area contributed by atoms with E-state index in [1.807, 2.05) is 16.7 Å². The van der Waals surface area contributed by atoms with Crippen LogP contribution in [0.15, 0.2) is 54.6 Å². The van der Waals surface area contributed by atoms with Crippen LogP contribution in [0.25, 0.3) is 22.2 Å². The van der Waals surface area contributed by atoms with Crippen molar-refractivity contribution in [2.24, 2.45) is 0 Å². The van der Waals surface area contributed by atoms with Gasteiger partial charge in [0.25, 0.3) is 0 Å². The molecule has 1 fully saturated rings. The van der Waals surface area contributed by atoms with Crippen LogP contribution in [0, 0.1) is 0 Å². The standard InChI is InChI=1S/C20H23N3O/c24-15-23-19-9-5-4-8-17(19)18(14-22-12-10-21-11-13-22)20(23)16-6-2-1-3-7-16/h1-9,21,24H,10-15H2. The fourth-order valence-corrected chi connectivity index (χ4v) is 3.70. The molecule has 2 N–H and O–H groups in total. The van der Waals surface area contributed by atoms with Gasteiger partial charge in [0.05, 0.1) is 11.2 Å². The Kier molecular flexibility index (Phi) is 4.34. The summed E-state index contributed by atoms with van der Waals surface area (Å²) in [6.07, 6.45) is 0. The molecule has 1 aromatic heterocycles. The maximum Gasteiger partial charge on any atom is 0.120 e. The van der Waals surface area contributed by atoms with E-state index in [0.29, 0.717) is 0 Å². The number of piperazine rings is 1. The quantitative estimate of drug-likeness (QED) is 0.776. The van der Waals surface area contributed by atoms with Gasteiger partial charge in [-0.25, -0.2) is 0 Å². The zero-order valence-electron chi connectivity index (χ0n) is 13.8. The molecule has 124 valence electrons. The minimum absolute atomic E-state index is 0.00764. The Morgan fingerprint density at radius 1 is 0.917 bits per heavy atom. The number of nitrogens with one attached hydrogen (secondary N) is 1. The minimum Gasteiger partial charge on any atom is -0.376 e. The van der Waals surface area contributed by atoms with Gasteiger partial charge in [0.2, 0.25) is 0 Å². The summed E-state index contributed by atoms with van der Waals surface area (Å²) in [5.74, 6) is 0. The lowest BCUT2D eigenvalue weighted by Gasteiger charge is -2.27. The van der Waals surface area contributed by atoms with Gasteiger partial charge < -0.3 is 15.0 Å². The summed E-state index contributed by atoms with van der Waals surface area (Å²) in [4.78, 5) is 2.49. The monoisotopic (exact) mass is 321 g/mol. The second kappa shape index (κ2) is 6.77. The summed E-state index contributed by atoms with van der Waals surface area (Å²) >= 11 is 0. The van der Waals surface area contributed by atoms with Gasteiger partial charge in [0, 0.05) is 38.1 Å². The van der Waals surface area contributed by atoms with Crippen molar-refractivity contribution in [3.63, 3.8) is 0 Å². The topological polar surface area (TPSA) is 40.4 Å². The number of aliphatic hydroxyl groups excluding tert-OH is 1. The van der Waals surface area contributed by atoms with Gasteiger partial charge in [-0.2, -0.15) is 0 Å². The lowest BCUT2D eigenvalue weighted by Crippen LogP contribution is -2.42. The van der Waals surface area contributed by atoms with Crippen molar-refractivity contribution in [3.05, 3.63) is 60.2 Å². The fraction of sp³-hybridized carbons (Fsp3) is 0.300. The largest absolute Gasteiger partial charge is 0.376 e. The van der Waals surface area contributed by atoms with Crippen LogP contribution in [0.4, 0.5) is 0 Å². The summed E-state index contributed by atoms with van der Waals surface area (Å²) in [6.45, 7) is 5.12. The summed E-state index contributed by atoms with van der Waals surface area (Å²) in [6, 6.07) is 18.8. The van der Waals surface area contributed by atoms with Crippen LogP contribution >= 0.6 is 0 Å². The molecular formula is C20H23N3O. The second-order valence-electron chi connectivity index (χ2n) is 6.31. The molecule has 0 saturated carbocycles. The molecule has 0 radical (unpaired) electrons. The van der Waals surface area contributed by atoms with Gasteiger partial charge in [-0.15, -0.1) is 0 Å². The highest BCUT2D eigenvalue weighted by atomic mass is 16.3. The van der Waals surface area contributed by atoms with E-state index in [9.17, 15) is 5.11 Å². The van der Waals surface area contributed by atoms with Crippen LogP contribution in [0.1, 0.15) is 5.56 Å². The Morgan fingerprint density at radius 2 is 1.62 bits per heavy atom. The average Bonchev–Trinajstić information content (AvgIpc) is 2.97. The van der Waals surface area contributed by atoms with E-state index in [1.165, 1.54) is 10.9 Å². The van der Waals surface area contributed by atoms with Gasteiger partial charge >= 0.3 is 0 Å². The molecule has 2 heterocycles. The molecule has 1 aliphatic heterocycles. The van der Waals surface area contributed by atoms with Crippen molar-refractivity contribution >= 4 is 10.9 Å². The van der Waals surface area contributed by atoms with Crippen LogP contribution < -0.4 is 5.32 Å². The first-order valence-electron chi connectivity index (χ1n) is 8.58. The van der Waals surface area contributed by atoms with E-state index in [-0.39, 0.29) is 6.73 Å². The highest BCUT2D eigenvalue weighted by Crippen LogP contribution is 2.34. The molecule has 2 aromatic carbocycles. The summed E-state index contributed by atoms with van der Waals surface area (Å²) < 4.78 is 2.03. The van der Waals surface area contributed by atoms with Crippen molar-refractivity contribution in [1.82, 2.24) is 14.8 Å². The zero-order chi connectivity index (χ0) is 16.4. The van der Waals surface area contributed by atoms with Gasteiger partial charge in [0.1, 0.15) is 6.73 Å². The first-order chi connectivity index (χ1) is 11.9. The van der Waals surface area contributed by atoms with E-state index < -0.39 is 0 Å². The van der Waals surface area contributed by atoms with E-state index in [4.69, 9.17) is 0 Å². The van der Waals surface area contributed by atoms with Gasteiger partial charge in [0.15, 0.2) is 0 Å². The smallest absolute Gasteiger partial charge is 0.120 e. The van der Waals surface area contributed by atoms with Crippen LogP contribution in [-0.2, 0) is 13.3 Å². The van der Waals surface area contributed by atoms with E-state index >= 15 is 0 Å². The summed E-state index contributed by atoms with van der Waals surface area (Å²) in [7, 11) is 0. The Morgan fingerprint density at radius 3 is 2.38 bits per heavy atom. The zero-order valence-corrected chi connectivity index (χ0v) is 13.8. The van der Waals surface area contributed by atoms with Crippen molar-refractivity contribution < 1.29 is 5.11 Å². The van der Waals surface area contributed by atoms with Gasteiger partial charge in [-0.1, -0.05) is 48.5 Å². The highest BCUT2D eigenvalue weighted by molar-refractivity contribution is 5.91. The molecule has 1 aliphatic rings. The van der Waals surface area contributed by atoms with Crippen molar-refractivity contribution in [2.75, 3.05) is 26.2 Å². The Hall–Kier alpha value is -2.14. The lowest BCUT2D eigenvalue weighted by molar-refractivity contribution is 0.215. The number of para-hydroxylation sites is 1. The van der Waals surface area contributed by atoms with Crippen LogP contribution in [-0.4, -0.2) is 40.8 Å². The molecule has 0 amide bonds. The molecule has 24 heavy (non-hydrogen) atoms. The first kappa shape index (κ1) is 15.4. The van der Waals surface area contributed by atoms with Crippen molar-refractivity contribution in [3.8, 4) is 11.3 Å². The molecule has 1 saturated heterocycles. The molecule has 4 heteroatoms. The number of rotatable bonds is 4. The molecule has 0 spiro atoms. The predicted octanol–water partition coefficient (Wildman–Crippen LogP) is 2.66. The molecule has 4 nitrogen and oxygen atoms in total. The fourth-order valence-electron chi connectivity index (χ4n) is 3.70. The number of fused-ring (bicyclic) bond motifs is 1. The third kappa shape index (κ3) is 2.73. The number of benzene rings is 2. The van der Waals surface area contributed by atoms with E-state index in [2.05, 4.69) is 52.7 Å². The minimum atomic E-state index is -0.00764. The summed E-state index contributed by atoms with van der Waals surface area (Å²) in [5, 5.41) is 14.7. The number of hydrogen-bond acceptors (Lipinski definition) is 3. The third-order valence-corrected chi connectivity index (χ3v) is 4.86. The van der Waals surface area contributed by atoms with Gasteiger partial charge in [-0.05, 0) is 17.2 Å². The Labute approximate surface area is 142 Å². The maximum atomic E-state index is 10.0. The van der Waals surface area contributed by atoms with Gasteiger partial charge in [-0.3, -0.25) is 4.90 Å². The molecule has 0 unspecified atom stereocenters. The lowest BCUT2D eigenvalue weighted by atomic mass is 10.0. The molecule has 3 aromatic rings. The van der Waals surface area contributed by atoms with Crippen molar-refractivity contribution in [2.45, 2.75) is 13.3 Å². The highest BCUT2D eigenvalue weighted by Gasteiger charge is 2.20. The first-order valence-corrected chi connectivity index (χ1v) is 8.58. The molecule has 0 bridgehead atoms. The molecular weight excluding hydrogens is 298 g/mol. The number of hydrogen-bond donors (Lipinski definition) is 2. The van der Waals surface area contributed by atoms with E-state index in [0.717, 1.165) is 49.5 Å². The second-order valence-corrected chi connectivity index (χ2v) is 6.31. The van der Waals surface area contributed by atoms with Crippen molar-refractivity contribution in [1.29, 1.82) is 0 Å². The van der Waals surface area contributed by atoms with Crippen LogP contribution in [0.3, 0.4) is 0 Å². The van der Waals surface area contributed by atoms with Crippen LogP contribution in [0.5, 0.6) is 0 Å². The molecule has 0 aliphatic carbocycles. The number of aliphatic hydroxyl groups is 1.